The van der Waals surface area contributed by atoms with Crippen molar-refractivity contribution in [3.05, 3.63) is 42.1 Å². The van der Waals surface area contributed by atoms with E-state index in [1.54, 1.807) is 17.9 Å². The van der Waals surface area contributed by atoms with Gasteiger partial charge in [-0.1, -0.05) is 30.3 Å². The highest BCUT2D eigenvalue weighted by atomic mass is 16.5. The van der Waals surface area contributed by atoms with E-state index in [0.717, 1.165) is 11.3 Å². The van der Waals surface area contributed by atoms with E-state index < -0.39 is 0 Å². The smallest absolute Gasteiger partial charge is 0.283 e. The summed E-state index contributed by atoms with van der Waals surface area (Å²) in [5.74, 6) is 4.81. The number of hydrogen-bond acceptors (Lipinski definition) is 4. The number of hydrazine groups is 1. The summed E-state index contributed by atoms with van der Waals surface area (Å²) in [5.41, 5.74) is 4.22. The molecule has 0 aliphatic carbocycles. The summed E-state index contributed by atoms with van der Waals surface area (Å²) in [6.07, 6.45) is 0. The quantitative estimate of drug-likeness (QED) is 0.473. The van der Waals surface area contributed by atoms with E-state index in [1.807, 2.05) is 30.3 Å². The summed E-state index contributed by atoms with van der Waals surface area (Å²) in [6, 6.07) is 11.4. The van der Waals surface area contributed by atoms with Crippen LogP contribution in [0.15, 0.2) is 36.4 Å². The van der Waals surface area contributed by atoms with Gasteiger partial charge in [-0.2, -0.15) is 5.10 Å². The van der Waals surface area contributed by atoms with E-state index in [-0.39, 0.29) is 5.91 Å². The number of ether oxygens (including phenoxy) is 1. The summed E-state index contributed by atoms with van der Waals surface area (Å²) in [5, 5.41) is 4.41. The molecular weight excluding hydrogens is 244 g/mol. The van der Waals surface area contributed by atoms with Gasteiger partial charge in [0.05, 0.1) is 18.8 Å². The van der Waals surface area contributed by atoms with Crippen molar-refractivity contribution in [3.63, 3.8) is 0 Å². The van der Waals surface area contributed by atoms with E-state index >= 15 is 0 Å². The molecule has 1 aromatic heterocycles. The minimum atomic E-state index is -0.370. The van der Waals surface area contributed by atoms with Crippen molar-refractivity contribution in [2.75, 3.05) is 13.7 Å². The van der Waals surface area contributed by atoms with Crippen molar-refractivity contribution in [2.45, 2.75) is 6.54 Å². The molecule has 0 atom stereocenters. The summed E-state index contributed by atoms with van der Waals surface area (Å²) in [7, 11) is 1.60. The number of carbonyl (C=O) groups excluding carboxylic acids is 1. The molecule has 6 heteroatoms. The zero-order valence-corrected chi connectivity index (χ0v) is 10.7. The lowest BCUT2D eigenvalue weighted by molar-refractivity contribution is 0.0939. The molecule has 0 aliphatic rings. The molecule has 19 heavy (non-hydrogen) atoms. The molecule has 2 aromatic rings. The Kier molecular flexibility index (Phi) is 4.27. The first-order chi connectivity index (χ1) is 9.26. The van der Waals surface area contributed by atoms with Gasteiger partial charge >= 0.3 is 0 Å². The second kappa shape index (κ2) is 6.12. The molecule has 1 aromatic carbocycles. The number of nitrogens with one attached hydrogen (secondary N) is 1. The van der Waals surface area contributed by atoms with Crippen LogP contribution in [0.5, 0.6) is 0 Å². The van der Waals surface area contributed by atoms with Crippen LogP contribution >= 0.6 is 0 Å². The standard InChI is InChI=1S/C13H16N4O2/c1-19-8-7-17-12(13(18)15-14)9-11(16-17)10-5-3-2-4-6-10/h2-6,9H,7-8,14H2,1H3,(H,15,18). The van der Waals surface area contributed by atoms with Gasteiger partial charge in [-0.05, 0) is 6.07 Å². The summed E-state index contributed by atoms with van der Waals surface area (Å²) < 4.78 is 6.60. The minimum absolute atomic E-state index is 0.370. The normalized spacial score (nSPS) is 10.4. The molecule has 2 rings (SSSR count). The van der Waals surface area contributed by atoms with E-state index in [9.17, 15) is 4.79 Å². The Morgan fingerprint density at radius 2 is 2.16 bits per heavy atom. The SMILES string of the molecule is COCCn1nc(-c2ccccc2)cc1C(=O)NN. The molecule has 0 bridgehead atoms. The highest BCUT2D eigenvalue weighted by molar-refractivity contribution is 5.93. The molecule has 1 amide bonds. The van der Waals surface area contributed by atoms with Crippen LogP contribution in [0.1, 0.15) is 10.5 Å². The number of methoxy groups -OCH3 is 1. The van der Waals surface area contributed by atoms with Gasteiger partial charge in [0.15, 0.2) is 0 Å². The van der Waals surface area contributed by atoms with Gasteiger partial charge in [0.1, 0.15) is 5.69 Å². The molecule has 1 heterocycles. The average molecular weight is 260 g/mol. The van der Waals surface area contributed by atoms with Gasteiger partial charge in [0, 0.05) is 12.7 Å². The third-order valence-corrected chi connectivity index (χ3v) is 2.72. The monoisotopic (exact) mass is 260 g/mol. The number of carbonyl (C=O) groups is 1. The predicted molar refractivity (Wildman–Crippen MR) is 71.2 cm³/mol. The molecule has 100 valence electrons. The van der Waals surface area contributed by atoms with Gasteiger partial charge in [-0.15, -0.1) is 0 Å². The van der Waals surface area contributed by atoms with Crippen LogP contribution in [0.3, 0.4) is 0 Å². The van der Waals surface area contributed by atoms with Crippen molar-refractivity contribution in [2.24, 2.45) is 5.84 Å². The first-order valence-corrected chi connectivity index (χ1v) is 5.89. The summed E-state index contributed by atoms with van der Waals surface area (Å²) in [4.78, 5) is 11.7. The number of nitrogen functional groups attached to an aromatic ring is 1. The number of hydrogen-bond donors (Lipinski definition) is 2. The van der Waals surface area contributed by atoms with Crippen LogP contribution in [-0.2, 0) is 11.3 Å². The van der Waals surface area contributed by atoms with Crippen molar-refractivity contribution < 1.29 is 9.53 Å². The molecule has 0 saturated carbocycles. The Bertz CT molecular complexity index is 551. The zero-order valence-electron chi connectivity index (χ0n) is 10.7. The fourth-order valence-corrected chi connectivity index (χ4v) is 1.77. The Hall–Kier alpha value is -2.18. The molecule has 6 nitrogen and oxygen atoms in total. The maximum atomic E-state index is 11.7. The number of amides is 1. The van der Waals surface area contributed by atoms with Crippen molar-refractivity contribution in [1.82, 2.24) is 15.2 Å². The average Bonchev–Trinajstić information content (AvgIpc) is 2.89. The van der Waals surface area contributed by atoms with E-state index in [4.69, 9.17) is 10.6 Å². The van der Waals surface area contributed by atoms with Gasteiger partial charge in [-0.3, -0.25) is 14.9 Å². The largest absolute Gasteiger partial charge is 0.383 e. The topological polar surface area (TPSA) is 82.2 Å². The maximum absolute atomic E-state index is 11.7. The van der Waals surface area contributed by atoms with Crippen LogP contribution in [0.25, 0.3) is 11.3 Å². The summed E-state index contributed by atoms with van der Waals surface area (Å²) >= 11 is 0. The number of rotatable bonds is 5. The number of benzene rings is 1. The number of nitrogens with zero attached hydrogens (tertiary/aromatic N) is 2. The predicted octanol–water partition coefficient (Wildman–Crippen LogP) is 0.800. The first kappa shape index (κ1) is 13.3. The van der Waals surface area contributed by atoms with Crippen molar-refractivity contribution in [1.29, 1.82) is 0 Å². The maximum Gasteiger partial charge on any atom is 0.283 e. The minimum Gasteiger partial charge on any atom is -0.383 e. The Morgan fingerprint density at radius 1 is 1.42 bits per heavy atom. The third-order valence-electron chi connectivity index (χ3n) is 2.72. The van der Waals surface area contributed by atoms with Crippen LogP contribution < -0.4 is 11.3 Å². The van der Waals surface area contributed by atoms with Gasteiger partial charge < -0.3 is 4.74 Å². The van der Waals surface area contributed by atoms with Crippen LogP contribution in [-0.4, -0.2) is 29.4 Å². The van der Waals surface area contributed by atoms with Crippen LogP contribution in [0.4, 0.5) is 0 Å². The summed E-state index contributed by atoms with van der Waals surface area (Å²) in [6.45, 7) is 0.965. The van der Waals surface area contributed by atoms with E-state index in [0.29, 0.717) is 18.8 Å². The fourth-order valence-electron chi connectivity index (χ4n) is 1.77. The van der Waals surface area contributed by atoms with Crippen LogP contribution in [0, 0.1) is 0 Å². The highest BCUT2D eigenvalue weighted by Gasteiger charge is 2.15. The van der Waals surface area contributed by atoms with Crippen molar-refractivity contribution >= 4 is 5.91 Å². The first-order valence-electron chi connectivity index (χ1n) is 5.89. The third kappa shape index (κ3) is 2.98. The Labute approximate surface area is 111 Å². The van der Waals surface area contributed by atoms with Gasteiger partial charge in [-0.25, -0.2) is 5.84 Å². The Balaban J connectivity index is 2.36. The Morgan fingerprint density at radius 3 is 2.79 bits per heavy atom. The van der Waals surface area contributed by atoms with Gasteiger partial charge in [0.2, 0.25) is 0 Å². The van der Waals surface area contributed by atoms with E-state index in [2.05, 4.69) is 10.5 Å². The second-order valence-corrected chi connectivity index (χ2v) is 3.97. The number of aromatic nitrogens is 2. The molecule has 0 spiro atoms. The fraction of sp³-hybridized carbons (Fsp3) is 0.231. The molecule has 0 saturated heterocycles. The molecule has 3 N–H and O–H groups in total. The lowest BCUT2D eigenvalue weighted by Crippen LogP contribution is -2.32. The molecule has 0 aliphatic heterocycles. The number of nitrogens with two attached hydrogens (primary N) is 1. The van der Waals surface area contributed by atoms with Crippen LogP contribution in [0.2, 0.25) is 0 Å². The molecule has 0 fully saturated rings. The highest BCUT2D eigenvalue weighted by Crippen LogP contribution is 2.18. The zero-order chi connectivity index (χ0) is 13.7. The van der Waals surface area contributed by atoms with Crippen molar-refractivity contribution in [3.8, 4) is 11.3 Å². The lowest BCUT2D eigenvalue weighted by Gasteiger charge is -2.04. The van der Waals surface area contributed by atoms with Gasteiger partial charge in [0.25, 0.3) is 5.91 Å². The lowest BCUT2D eigenvalue weighted by atomic mass is 10.1. The van der Waals surface area contributed by atoms with E-state index in [1.165, 1.54) is 0 Å². The molecule has 0 unspecified atom stereocenters. The molecular formula is C13H16N4O2. The second-order valence-electron chi connectivity index (χ2n) is 3.97. The molecule has 0 radical (unpaired) electrons.